The largest absolute Gasteiger partial charge is 0.382 e. The first-order chi connectivity index (χ1) is 7.11. The van der Waals surface area contributed by atoms with Crippen molar-refractivity contribution in [3.8, 4) is 0 Å². The SMILES string of the molecule is CC(=NNC(N)=O)C(O)c1ccccc1. The van der Waals surface area contributed by atoms with Crippen LogP contribution in [-0.2, 0) is 0 Å². The summed E-state index contributed by atoms with van der Waals surface area (Å²) in [4.78, 5) is 10.4. The third-order valence-electron chi connectivity index (χ3n) is 1.85. The van der Waals surface area contributed by atoms with Gasteiger partial charge in [0.15, 0.2) is 0 Å². The van der Waals surface area contributed by atoms with Crippen LogP contribution in [0.1, 0.15) is 18.6 Å². The van der Waals surface area contributed by atoms with Gasteiger partial charge in [0.1, 0.15) is 6.10 Å². The van der Waals surface area contributed by atoms with E-state index in [0.717, 1.165) is 0 Å². The molecule has 0 fully saturated rings. The number of nitrogens with zero attached hydrogens (tertiary/aromatic N) is 1. The van der Waals surface area contributed by atoms with E-state index in [1.165, 1.54) is 0 Å². The van der Waals surface area contributed by atoms with Crippen LogP contribution in [0.4, 0.5) is 4.79 Å². The predicted octanol–water partition coefficient (Wildman–Crippen LogP) is 0.764. The third kappa shape index (κ3) is 3.40. The van der Waals surface area contributed by atoms with Crippen LogP contribution >= 0.6 is 0 Å². The fourth-order valence-corrected chi connectivity index (χ4v) is 1.08. The Morgan fingerprint density at radius 2 is 2.07 bits per heavy atom. The summed E-state index contributed by atoms with van der Waals surface area (Å²) in [7, 11) is 0. The van der Waals surface area contributed by atoms with E-state index in [-0.39, 0.29) is 0 Å². The van der Waals surface area contributed by atoms with E-state index in [2.05, 4.69) is 10.5 Å². The molecule has 80 valence electrons. The number of nitrogens with one attached hydrogen (secondary N) is 1. The molecule has 0 spiro atoms. The molecule has 5 heteroatoms. The van der Waals surface area contributed by atoms with Crippen molar-refractivity contribution in [3.05, 3.63) is 35.9 Å². The Bertz CT molecular complexity index is 362. The average Bonchev–Trinajstić information content (AvgIpc) is 2.26. The first-order valence-corrected chi connectivity index (χ1v) is 4.44. The molecule has 1 unspecified atom stereocenters. The van der Waals surface area contributed by atoms with Gasteiger partial charge in [0.25, 0.3) is 0 Å². The van der Waals surface area contributed by atoms with Gasteiger partial charge in [-0.1, -0.05) is 30.3 Å². The lowest BCUT2D eigenvalue weighted by Gasteiger charge is -2.09. The van der Waals surface area contributed by atoms with E-state index in [0.29, 0.717) is 11.3 Å². The molecule has 4 N–H and O–H groups in total. The molecule has 0 saturated carbocycles. The summed E-state index contributed by atoms with van der Waals surface area (Å²) in [5.74, 6) is 0. The van der Waals surface area contributed by atoms with Gasteiger partial charge >= 0.3 is 6.03 Å². The first kappa shape index (κ1) is 11.2. The fraction of sp³-hybridized carbons (Fsp3) is 0.200. The number of carbonyl (C=O) groups is 1. The lowest BCUT2D eigenvalue weighted by molar-refractivity contribution is 0.243. The second-order valence-electron chi connectivity index (χ2n) is 3.04. The number of amides is 2. The Labute approximate surface area is 87.6 Å². The number of rotatable bonds is 3. The molecule has 15 heavy (non-hydrogen) atoms. The summed E-state index contributed by atoms with van der Waals surface area (Å²) >= 11 is 0. The number of aliphatic hydroxyl groups is 1. The summed E-state index contributed by atoms with van der Waals surface area (Å²) in [6.07, 6.45) is -0.835. The standard InChI is InChI=1S/C10H13N3O2/c1-7(12-13-10(11)15)9(14)8-5-3-2-4-6-8/h2-6,9,14H,1H3,(H3,11,13,15). The van der Waals surface area contributed by atoms with Crippen molar-refractivity contribution in [3.63, 3.8) is 0 Å². The maximum absolute atomic E-state index is 10.4. The number of nitrogens with two attached hydrogens (primary N) is 1. The van der Waals surface area contributed by atoms with Crippen molar-refractivity contribution >= 4 is 11.7 Å². The van der Waals surface area contributed by atoms with Crippen LogP contribution in [0.2, 0.25) is 0 Å². The van der Waals surface area contributed by atoms with Gasteiger partial charge in [-0.25, -0.2) is 10.2 Å². The number of aliphatic hydroxyl groups excluding tert-OH is 1. The normalized spacial score (nSPS) is 13.3. The average molecular weight is 207 g/mol. The van der Waals surface area contributed by atoms with E-state index in [9.17, 15) is 9.90 Å². The van der Waals surface area contributed by atoms with Crippen molar-refractivity contribution in [1.29, 1.82) is 0 Å². The van der Waals surface area contributed by atoms with Crippen LogP contribution in [0.25, 0.3) is 0 Å². The molecule has 0 aliphatic carbocycles. The molecule has 1 aromatic rings. The highest BCUT2D eigenvalue weighted by molar-refractivity contribution is 5.88. The molecule has 0 aliphatic heterocycles. The van der Waals surface area contributed by atoms with Gasteiger partial charge in [-0.2, -0.15) is 5.10 Å². The summed E-state index contributed by atoms with van der Waals surface area (Å²) in [6.45, 7) is 1.60. The number of hydrogen-bond acceptors (Lipinski definition) is 3. The number of benzene rings is 1. The zero-order valence-corrected chi connectivity index (χ0v) is 8.34. The van der Waals surface area contributed by atoms with E-state index >= 15 is 0 Å². The number of hydrogen-bond donors (Lipinski definition) is 3. The van der Waals surface area contributed by atoms with Gasteiger partial charge in [0.2, 0.25) is 0 Å². The highest BCUT2D eigenvalue weighted by Crippen LogP contribution is 2.13. The molecule has 0 heterocycles. The van der Waals surface area contributed by atoms with Gasteiger partial charge in [-0.15, -0.1) is 0 Å². The minimum atomic E-state index is -0.835. The van der Waals surface area contributed by atoms with Crippen molar-refractivity contribution in [2.24, 2.45) is 10.8 Å². The Morgan fingerprint density at radius 3 is 2.60 bits per heavy atom. The Morgan fingerprint density at radius 1 is 1.47 bits per heavy atom. The topological polar surface area (TPSA) is 87.7 Å². The maximum atomic E-state index is 10.4. The Balaban J connectivity index is 2.72. The molecule has 0 aromatic heterocycles. The molecule has 0 aliphatic rings. The maximum Gasteiger partial charge on any atom is 0.332 e. The van der Waals surface area contributed by atoms with Crippen molar-refractivity contribution in [2.75, 3.05) is 0 Å². The lowest BCUT2D eigenvalue weighted by Crippen LogP contribution is -2.26. The Hall–Kier alpha value is -1.88. The van der Waals surface area contributed by atoms with E-state index in [1.807, 2.05) is 18.2 Å². The number of urea groups is 1. The van der Waals surface area contributed by atoms with Gasteiger partial charge in [-0.05, 0) is 12.5 Å². The highest BCUT2D eigenvalue weighted by Gasteiger charge is 2.10. The molecule has 2 amide bonds. The molecule has 0 radical (unpaired) electrons. The van der Waals surface area contributed by atoms with Gasteiger partial charge in [-0.3, -0.25) is 0 Å². The zero-order valence-electron chi connectivity index (χ0n) is 8.34. The second-order valence-corrected chi connectivity index (χ2v) is 3.04. The lowest BCUT2D eigenvalue weighted by atomic mass is 10.1. The van der Waals surface area contributed by atoms with Crippen molar-refractivity contribution in [2.45, 2.75) is 13.0 Å². The van der Waals surface area contributed by atoms with E-state index < -0.39 is 12.1 Å². The quantitative estimate of drug-likeness (QED) is 0.504. The minimum Gasteiger partial charge on any atom is -0.382 e. The van der Waals surface area contributed by atoms with Crippen LogP contribution < -0.4 is 11.2 Å². The van der Waals surface area contributed by atoms with Crippen LogP contribution in [0, 0.1) is 0 Å². The third-order valence-corrected chi connectivity index (χ3v) is 1.85. The summed E-state index contributed by atoms with van der Waals surface area (Å²) in [6, 6.07) is 8.27. The van der Waals surface area contributed by atoms with Crippen LogP contribution in [-0.4, -0.2) is 16.8 Å². The molecular weight excluding hydrogens is 194 g/mol. The fourth-order valence-electron chi connectivity index (χ4n) is 1.08. The number of primary amides is 1. The van der Waals surface area contributed by atoms with E-state index in [4.69, 9.17) is 5.73 Å². The highest BCUT2D eigenvalue weighted by atomic mass is 16.3. The molecule has 1 aromatic carbocycles. The molecule has 1 rings (SSSR count). The smallest absolute Gasteiger partial charge is 0.332 e. The number of carbonyl (C=O) groups excluding carboxylic acids is 1. The Kier molecular flexibility index (Phi) is 3.82. The minimum absolute atomic E-state index is 0.375. The van der Waals surface area contributed by atoms with Gasteiger partial charge in [0, 0.05) is 0 Å². The van der Waals surface area contributed by atoms with Crippen LogP contribution in [0.3, 0.4) is 0 Å². The van der Waals surface area contributed by atoms with Gasteiger partial charge in [0.05, 0.1) is 5.71 Å². The number of hydrazone groups is 1. The first-order valence-electron chi connectivity index (χ1n) is 4.44. The summed E-state index contributed by atoms with van der Waals surface area (Å²) in [5, 5.41) is 13.4. The van der Waals surface area contributed by atoms with E-state index in [1.54, 1.807) is 19.1 Å². The molecule has 0 saturated heterocycles. The summed E-state index contributed by atoms with van der Waals surface area (Å²) in [5.41, 5.74) is 7.99. The second kappa shape index (κ2) is 5.11. The molecule has 5 nitrogen and oxygen atoms in total. The zero-order chi connectivity index (χ0) is 11.3. The van der Waals surface area contributed by atoms with Crippen molar-refractivity contribution in [1.82, 2.24) is 5.43 Å². The molecule has 1 atom stereocenters. The molecular formula is C10H13N3O2. The van der Waals surface area contributed by atoms with Crippen LogP contribution in [0.15, 0.2) is 35.4 Å². The van der Waals surface area contributed by atoms with Gasteiger partial charge < -0.3 is 10.8 Å². The monoisotopic (exact) mass is 207 g/mol. The predicted molar refractivity (Wildman–Crippen MR) is 57.2 cm³/mol. The summed E-state index contributed by atoms with van der Waals surface area (Å²) < 4.78 is 0. The molecule has 0 bridgehead atoms. The van der Waals surface area contributed by atoms with Crippen molar-refractivity contribution < 1.29 is 9.90 Å². The van der Waals surface area contributed by atoms with Crippen LogP contribution in [0.5, 0.6) is 0 Å².